The number of carbonyl (C=O) groups is 1. The predicted octanol–water partition coefficient (Wildman–Crippen LogP) is 1.89. The number of nitrogens with two attached hydrogens (primary N) is 1. The molecule has 0 aliphatic rings. The van der Waals surface area contributed by atoms with E-state index in [1.807, 2.05) is 36.9 Å². The number of rotatable bonds is 5. The molecule has 0 saturated carbocycles. The fourth-order valence-electron chi connectivity index (χ4n) is 1.97. The molecule has 1 atom stereocenters. The van der Waals surface area contributed by atoms with E-state index in [1.54, 1.807) is 18.3 Å². The number of esters is 1. The van der Waals surface area contributed by atoms with Crippen LogP contribution in [0, 0.1) is 0 Å². The molecule has 1 heterocycles. The van der Waals surface area contributed by atoms with Crippen molar-refractivity contribution in [2.45, 2.75) is 19.3 Å². The molecule has 2 aromatic rings. The van der Waals surface area contributed by atoms with Crippen molar-refractivity contribution in [3.05, 3.63) is 48.0 Å². The van der Waals surface area contributed by atoms with Gasteiger partial charge in [-0.25, -0.2) is 4.98 Å². The second kappa shape index (κ2) is 6.23. The number of benzene rings is 1. The third kappa shape index (κ3) is 3.38. The molecule has 0 amide bonds. The van der Waals surface area contributed by atoms with Gasteiger partial charge in [-0.05, 0) is 24.6 Å². The molecule has 0 spiro atoms. The first-order valence-electron chi connectivity index (χ1n) is 6.56. The van der Waals surface area contributed by atoms with Gasteiger partial charge in [-0.2, -0.15) is 0 Å². The van der Waals surface area contributed by atoms with Crippen molar-refractivity contribution < 1.29 is 9.53 Å². The Morgan fingerprint density at radius 2 is 2.30 bits per heavy atom. The molecule has 2 rings (SSSR count). The number of aromatic nitrogens is 2. The van der Waals surface area contributed by atoms with Crippen molar-refractivity contribution in [1.29, 1.82) is 0 Å². The topological polar surface area (TPSA) is 70.1 Å². The molecule has 106 valence electrons. The van der Waals surface area contributed by atoms with Gasteiger partial charge in [0.05, 0.1) is 12.5 Å². The lowest BCUT2D eigenvalue weighted by Crippen LogP contribution is -2.16. The quantitative estimate of drug-likeness (QED) is 0.667. The molecule has 20 heavy (non-hydrogen) atoms. The molecule has 0 fully saturated rings. The van der Waals surface area contributed by atoms with Crippen molar-refractivity contribution >= 4 is 11.7 Å². The minimum Gasteiger partial charge on any atom is -0.465 e. The molecule has 2 N–H and O–H groups in total. The highest BCUT2D eigenvalue weighted by Gasteiger charge is 2.17. The number of ether oxygens (including phenoxy) is 1. The molecule has 0 aliphatic carbocycles. The summed E-state index contributed by atoms with van der Waals surface area (Å²) in [5.41, 5.74) is 7.23. The molecule has 5 heteroatoms. The third-order valence-corrected chi connectivity index (χ3v) is 3.26. The minimum atomic E-state index is -0.320. The third-order valence-electron chi connectivity index (χ3n) is 3.26. The number of hydrogen-bond donors (Lipinski definition) is 1. The van der Waals surface area contributed by atoms with Gasteiger partial charge in [0.1, 0.15) is 5.82 Å². The number of hydrogen-bond acceptors (Lipinski definition) is 4. The summed E-state index contributed by atoms with van der Waals surface area (Å²) in [6, 6.07) is 7.30. The standard InChI is InChI=1S/C15H19N3O2/c1-11(12-4-3-5-13(16)10-12)15(19)20-9-6-14-17-7-8-18(14)2/h3-5,7-8,10-11H,6,9,16H2,1-2H3. The molecule has 5 nitrogen and oxygen atoms in total. The maximum absolute atomic E-state index is 12.0. The Kier molecular flexibility index (Phi) is 4.40. The van der Waals surface area contributed by atoms with Crippen molar-refractivity contribution in [3.63, 3.8) is 0 Å². The van der Waals surface area contributed by atoms with Gasteiger partial charge in [-0.1, -0.05) is 12.1 Å². The lowest BCUT2D eigenvalue weighted by atomic mass is 10.0. The number of carbonyl (C=O) groups excluding carboxylic acids is 1. The van der Waals surface area contributed by atoms with Crippen LogP contribution in [0.4, 0.5) is 5.69 Å². The smallest absolute Gasteiger partial charge is 0.313 e. The highest BCUT2D eigenvalue weighted by atomic mass is 16.5. The second-order valence-electron chi connectivity index (χ2n) is 4.76. The van der Waals surface area contributed by atoms with Crippen LogP contribution >= 0.6 is 0 Å². The number of aryl methyl sites for hydroxylation is 1. The normalized spacial score (nSPS) is 12.1. The molecule has 1 unspecified atom stereocenters. The summed E-state index contributed by atoms with van der Waals surface area (Å²) in [5, 5.41) is 0. The molecule has 0 saturated heterocycles. The average molecular weight is 273 g/mol. The fourth-order valence-corrected chi connectivity index (χ4v) is 1.97. The molecular weight excluding hydrogens is 254 g/mol. The lowest BCUT2D eigenvalue weighted by molar-refractivity contribution is -0.145. The van der Waals surface area contributed by atoms with E-state index >= 15 is 0 Å². The Labute approximate surface area is 118 Å². The lowest BCUT2D eigenvalue weighted by Gasteiger charge is -2.12. The molecule has 0 radical (unpaired) electrons. The van der Waals surface area contributed by atoms with Gasteiger partial charge in [-0.15, -0.1) is 0 Å². The number of imidazole rings is 1. The zero-order chi connectivity index (χ0) is 14.5. The first-order valence-corrected chi connectivity index (χ1v) is 6.56. The second-order valence-corrected chi connectivity index (χ2v) is 4.76. The largest absolute Gasteiger partial charge is 0.465 e. The van der Waals surface area contributed by atoms with Crippen molar-refractivity contribution in [2.75, 3.05) is 12.3 Å². The van der Waals surface area contributed by atoms with Gasteiger partial charge >= 0.3 is 5.97 Å². The van der Waals surface area contributed by atoms with Crippen LogP contribution in [0.2, 0.25) is 0 Å². The number of nitrogen functional groups attached to an aromatic ring is 1. The van der Waals surface area contributed by atoms with Gasteiger partial charge in [-0.3, -0.25) is 4.79 Å². The summed E-state index contributed by atoms with van der Waals surface area (Å²) in [4.78, 5) is 16.2. The summed E-state index contributed by atoms with van der Waals surface area (Å²) in [7, 11) is 1.92. The van der Waals surface area contributed by atoms with E-state index in [4.69, 9.17) is 10.5 Å². The van der Waals surface area contributed by atoms with Crippen molar-refractivity contribution in [3.8, 4) is 0 Å². The Morgan fingerprint density at radius 3 is 2.95 bits per heavy atom. The molecular formula is C15H19N3O2. The summed E-state index contributed by atoms with van der Waals surface area (Å²) in [6.45, 7) is 2.15. The first kappa shape index (κ1) is 14.1. The summed E-state index contributed by atoms with van der Waals surface area (Å²) >= 11 is 0. The number of anilines is 1. The Balaban J connectivity index is 1.87. The van der Waals surface area contributed by atoms with Crippen LogP contribution in [0.5, 0.6) is 0 Å². The molecule has 0 aliphatic heterocycles. The van der Waals surface area contributed by atoms with Gasteiger partial charge in [0, 0.05) is 31.5 Å². The van der Waals surface area contributed by atoms with E-state index in [9.17, 15) is 4.79 Å². The molecule has 1 aromatic carbocycles. The van der Waals surface area contributed by atoms with Crippen LogP contribution in [-0.2, 0) is 23.0 Å². The highest BCUT2D eigenvalue weighted by molar-refractivity contribution is 5.78. The summed E-state index contributed by atoms with van der Waals surface area (Å²) in [5.74, 6) is 0.332. The van der Waals surface area contributed by atoms with Crippen LogP contribution in [-0.4, -0.2) is 22.1 Å². The SMILES string of the molecule is CC(C(=O)OCCc1nccn1C)c1cccc(N)c1. The van der Waals surface area contributed by atoms with Gasteiger partial charge in [0.2, 0.25) is 0 Å². The number of nitrogens with zero attached hydrogens (tertiary/aromatic N) is 2. The van der Waals surface area contributed by atoms with Crippen LogP contribution in [0.3, 0.4) is 0 Å². The van der Waals surface area contributed by atoms with Crippen LogP contribution in [0.25, 0.3) is 0 Å². The van der Waals surface area contributed by atoms with Gasteiger partial charge in [0.25, 0.3) is 0 Å². The predicted molar refractivity (Wildman–Crippen MR) is 77.1 cm³/mol. The Morgan fingerprint density at radius 1 is 1.50 bits per heavy atom. The Bertz CT molecular complexity index is 592. The van der Waals surface area contributed by atoms with Crippen molar-refractivity contribution in [2.24, 2.45) is 7.05 Å². The van der Waals surface area contributed by atoms with E-state index in [2.05, 4.69) is 4.98 Å². The summed E-state index contributed by atoms with van der Waals surface area (Å²) < 4.78 is 7.21. The molecule has 0 bridgehead atoms. The van der Waals surface area contributed by atoms with E-state index in [0.29, 0.717) is 18.7 Å². The maximum atomic E-state index is 12.0. The van der Waals surface area contributed by atoms with Crippen LogP contribution in [0.15, 0.2) is 36.7 Å². The van der Waals surface area contributed by atoms with E-state index in [1.165, 1.54) is 0 Å². The zero-order valence-electron chi connectivity index (χ0n) is 11.7. The first-order chi connectivity index (χ1) is 9.58. The van der Waals surface area contributed by atoms with E-state index < -0.39 is 0 Å². The monoisotopic (exact) mass is 273 g/mol. The fraction of sp³-hybridized carbons (Fsp3) is 0.333. The highest BCUT2D eigenvalue weighted by Crippen LogP contribution is 2.19. The molecule has 1 aromatic heterocycles. The van der Waals surface area contributed by atoms with Gasteiger partial charge in [0.15, 0.2) is 0 Å². The average Bonchev–Trinajstić information content (AvgIpc) is 2.83. The summed E-state index contributed by atoms with van der Waals surface area (Å²) in [6.07, 6.45) is 4.21. The Hall–Kier alpha value is -2.30. The van der Waals surface area contributed by atoms with E-state index in [-0.39, 0.29) is 11.9 Å². The maximum Gasteiger partial charge on any atom is 0.313 e. The van der Waals surface area contributed by atoms with E-state index in [0.717, 1.165) is 11.4 Å². The van der Waals surface area contributed by atoms with Gasteiger partial charge < -0.3 is 15.0 Å². The zero-order valence-corrected chi connectivity index (χ0v) is 11.7. The minimum absolute atomic E-state index is 0.246. The van der Waals surface area contributed by atoms with Crippen molar-refractivity contribution in [1.82, 2.24) is 9.55 Å². The van der Waals surface area contributed by atoms with Crippen LogP contribution < -0.4 is 5.73 Å². The van der Waals surface area contributed by atoms with Crippen LogP contribution in [0.1, 0.15) is 24.2 Å².